The van der Waals surface area contributed by atoms with Gasteiger partial charge >= 0.3 is 0 Å². The fourth-order valence-electron chi connectivity index (χ4n) is 2.67. The Bertz CT molecular complexity index is 453. The molecular weight excluding hydrogens is 281 g/mol. The second kappa shape index (κ2) is 6.62. The molecule has 0 atom stereocenters. The Morgan fingerprint density at radius 2 is 1.79 bits per heavy atom. The number of rotatable bonds is 2. The summed E-state index contributed by atoms with van der Waals surface area (Å²) in [5, 5.41) is 0.788. The summed E-state index contributed by atoms with van der Waals surface area (Å²) in [6.07, 6.45) is 7.12. The molecule has 0 N–H and O–H groups in total. The number of nitrogens with zero attached hydrogens (tertiary/aromatic N) is 1. The first-order valence-electron chi connectivity index (χ1n) is 6.82. The Kier molecular flexibility index (Phi) is 5.12. The van der Waals surface area contributed by atoms with Crippen LogP contribution in [0.4, 0.5) is 0 Å². The van der Waals surface area contributed by atoms with E-state index in [9.17, 15) is 4.79 Å². The molecule has 1 aromatic carbocycles. The van der Waals surface area contributed by atoms with Gasteiger partial charge in [-0.25, -0.2) is 0 Å². The third-order valence-electron chi connectivity index (χ3n) is 3.87. The first kappa shape index (κ1) is 14.7. The van der Waals surface area contributed by atoms with E-state index in [1.807, 2.05) is 11.9 Å². The monoisotopic (exact) mass is 299 g/mol. The summed E-state index contributed by atoms with van der Waals surface area (Å²) in [6, 6.07) is 5.53. The fourth-order valence-corrected chi connectivity index (χ4v) is 3.05. The van der Waals surface area contributed by atoms with E-state index in [2.05, 4.69) is 0 Å². The number of carbonyl (C=O) groups excluding carboxylic acids is 1. The van der Waals surface area contributed by atoms with E-state index in [4.69, 9.17) is 23.2 Å². The second-order valence-electron chi connectivity index (χ2n) is 5.16. The van der Waals surface area contributed by atoms with Crippen molar-refractivity contribution in [3.8, 4) is 0 Å². The van der Waals surface area contributed by atoms with Crippen molar-refractivity contribution < 1.29 is 4.79 Å². The lowest BCUT2D eigenvalue weighted by molar-refractivity contribution is 0.0718. The van der Waals surface area contributed by atoms with Crippen LogP contribution in [0.3, 0.4) is 0 Å². The summed E-state index contributed by atoms with van der Waals surface area (Å²) in [4.78, 5) is 14.3. The maximum absolute atomic E-state index is 12.5. The van der Waals surface area contributed by atoms with E-state index >= 15 is 0 Å². The van der Waals surface area contributed by atoms with Gasteiger partial charge in [0.05, 0.1) is 15.6 Å². The topological polar surface area (TPSA) is 20.3 Å². The standard InChI is InChI=1S/C15H19Cl2NO/c1-18(11-7-4-2-3-5-8-11)15(19)12-9-6-10-13(16)14(12)17/h6,9-11H,2-5,7-8H2,1H3. The number of hydrogen-bond acceptors (Lipinski definition) is 1. The normalized spacial score (nSPS) is 17.0. The Morgan fingerprint density at radius 1 is 1.16 bits per heavy atom. The van der Waals surface area contributed by atoms with Crippen LogP contribution in [-0.4, -0.2) is 23.9 Å². The molecular formula is C15H19Cl2NO. The lowest BCUT2D eigenvalue weighted by Gasteiger charge is -2.27. The van der Waals surface area contributed by atoms with Gasteiger partial charge in [0.25, 0.3) is 5.91 Å². The second-order valence-corrected chi connectivity index (χ2v) is 5.95. The van der Waals surface area contributed by atoms with Gasteiger partial charge in [-0.3, -0.25) is 4.79 Å². The summed E-state index contributed by atoms with van der Waals surface area (Å²) < 4.78 is 0. The van der Waals surface area contributed by atoms with E-state index in [1.54, 1.807) is 18.2 Å². The minimum absolute atomic E-state index is 0.0283. The minimum atomic E-state index is -0.0283. The molecule has 1 aromatic rings. The Balaban J connectivity index is 2.15. The highest BCUT2D eigenvalue weighted by Crippen LogP contribution is 2.28. The molecule has 1 aliphatic carbocycles. The zero-order valence-electron chi connectivity index (χ0n) is 11.2. The summed E-state index contributed by atoms with van der Waals surface area (Å²) >= 11 is 12.1. The fraction of sp³-hybridized carbons (Fsp3) is 0.533. The van der Waals surface area contributed by atoms with Crippen LogP contribution in [0.25, 0.3) is 0 Å². The smallest absolute Gasteiger partial charge is 0.255 e. The molecule has 1 saturated carbocycles. The van der Waals surface area contributed by atoms with E-state index in [1.165, 1.54) is 25.7 Å². The molecule has 19 heavy (non-hydrogen) atoms. The first-order valence-corrected chi connectivity index (χ1v) is 7.58. The molecule has 1 aliphatic rings. The highest BCUT2D eigenvalue weighted by Gasteiger charge is 2.24. The van der Waals surface area contributed by atoms with Crippen LogP contribution in [0, 0.1) is 0 Å². The van der Waals surface area contributed by atoms with Gasteiger partial charge in [0.1, 0.15) is 0 Å². The van der Waals surface area contributed by atoms with E-state index in [0.717, 1.165) is 12.8 Å². The average Bonchev–Trinajstić information content (AvgIpc) is 2.69. The number of hydrogen-bond donors (Lipinski definition) is 0. The summed E-state index contributed by atoms with van der Waals surface area (Å²) in [6.45, 7) is 0. The lowest BCUT2D eigenvalue weighted by Crippen LogP contribution is -2.36. The number of benzene rings is 1. The molecule has 4 heteroatoms. The van der Waals surface area contributed by atoms with Crippen molar-refractivity contribution in [2.24, 2.45) is 0 Å². The van der Waals surface area contributed by atoms with Crippen LogP contribution in [-0.2, 0) is 0 Å². The molecule has 1 amide bonds. The van der Waals surface area contributed by atoms with Crippen LogP contribution < -0.4 is 0 Å². The number of carbonyl (C=O) groups is 1. The SMILES string of the molecule is CN(C(=O)c1cccc(Cl)c1Cl)C1CCCCCC1. The molecule has 0 radical (unpaired) electrons. The van der Waals surface area contributed by atoms with Gasteiger partial charge in [-0.15, -0.1) is 0 Å². The van der Waals surface area contributed by atoms with Gasteiger partial charge in [-0.05, 0) is 25.0 Å². The molecule has 0 unspecified atom stereocenters. The third kappa shape index (κ3) is 3.43. The predicted molar refractivity (Wildman–Crippen MR) is 80.0 cm³/mol. The number of amides is 1. The van der Waals surface area contributed by atoms with Gasteiger partial charge in [-0.2, -0.15) is 0 Å². The Hall–Kier alpha value is -0.730. The van der Waals surface area contributed by atoms with Crippen molar-refractivity contribution in [2.75, 3.05) is 7.05 Å². The molecule has 2 nitrogen and oxygen atoms in total. The molecule has 104 valence electrons. The van der Waals surface area contributed by atoms with Gasteiger partial charge in [0, 0.05) is 13.1 Å². The minimum Gasteiger partial charge on any atom is -0.339 e. The van der Waals surface area contributed by atoms with E-state index in [0.29, 0.717) is 21.7 Å². The molecule has 0 heterocycles. The van der Waals surface area contributed by atoms with Crippen LogP contribution >= 0.6 is 23.2 Å². The molecule has 1 fully saturated rings. The van der Waals surface area contributed by atoms with Gasteiger partial charge in [-0.1, -0.05) is 55.0 Å². The third-order valence-corrected chi connectivity index (χ3v) is 4.69. The quantitative estimate of drug-likeness (QED) is 0.719. The Labute approximate surface area is 124 Å². The van der Waals surface area contributed by atoms with Crippen LogP contribution in [0.5, 0.6) is 0 Å². The highest BCUT2D eigenvalue weighted by molar-refractivity contribution is 6.43. The summed E-state index contributed by atoms with van der Waals surface area (Å²) in [5.41, 5.74) is 0.501. The Morgan fingerprint density at radius 3 is 2.42 bits per heavy atom. The number of halogens is 2. The van der Waals surface area contributed by atoms with Crippen molar-refractivity contribution in [1.82, 2.24) is 4.90 Å². The molecule has 2 rings (SSSR count). The van der Waals surface area contributed by atoms with Crippen molar-refractivity contribution in [3.63, 3.8) is 0 Å². The largest absolute Gasteiger partial charge is 0.339 e. The van der Waals surface area contributed by atoms with Crippen molar-refractivity contribution in [2.45, 2.75) is 44.6 Å². The van der Waals surface area contributed by atoms with Gasteiger partial charge in [0.2, 0.25) is 0 Å². The molecule has 0 spiro atoms. The molecule has 0 aliphatic heterocycles. The van der Waals surface area contributed by atoms with Crippen LogP contribution in [0.2, 0.25) is 10.0 Å². The summed E-state index contributed by atoms with van der Waals surface area (Å²) in [7, 11) is 1.87. The lowest BCUT2D eigenvalue weighted by atomic mass is 10.1. The van der Waals surface area contributed by atoms with Crippen LogP contribution in [0.15, 0.2) is 18.2 Å². The molecule has 0 bridgehead atoms. The van der Waals surface area contributed by atoms with Crippen molar-refractivity contribution >= 4 is 29.1 Å². The van der Waals surface area contributed by atoms with Gasteiger partial charge in [0.15, 0.2) is 0 Å². The van der Waals surface area contributed by atoms with Gasteiger partial charge < -0.3 is 4.90 Å². The zero-order valence-corrected chi connectivity index (χ0v) is 12.7. The summed E-state index contributed by atoms with van der Waals surface area (Å²) in [5.74, 6) is -0.0283. The average molecular weight is 300 g/mol. The van der Waals surface area contributed by atoms with Crippen molar-refractivity contribution in [3.05, 3.63) is 33.8 Å². The zero-order chi connectivity index (χ0) is 13.8. The highest BCUT2D eigenvalue weighted by atomic mass is 35.5. The van der Waals surface area contributed by atoms with E-state index < -0.39 is 0 Å². The maximum Gasteiger partial charge on any atom is 0.255 e. The van der Waals surface area contributed by atoms with E-state index in [-0.39, 0.29) is 5.91 Å². The predicted octanol–water partition coefficient (Wildman–Crippen LogP) is 4.79. The molecule has 0 aromatic heterocycles. The van der Waals surface area contributed by atoms with Crippen LogP contribution in [0.1, 0.15) is 48.9 Å². The first-order chi connectivity index (χ1) is 9.11. The maximum atomic E-state index is 12.5. The van der Waals surface area contributed by atoms with Crippen molar-refractivity contribution in [1.29, 1.82) is 0 Å². The molecule has 0 saturated heterocycles.